The molecule has 0 aromatic rings. The third-order valence-corrected chi connectivity index (χ3v) is 10.2. The van der Waals surface area contributed by atoms with E-state index >= 15 is 0 Å². The number of hydrogen-bond donors (Lipinski definition) is 3. The summed E-state index contributed by atoms with van der Waals surface area (Å²) in [6.07, 6.45) is 11.4. The molecule has 0 heterocycles. The number of hydrogen-bond acceptors (Lipinski definition) is 4. The number of carbonyl (C=O) groups is 1. The van der Waals surface area contributed by atoms with Gasteiger partial charge in [0.15, 0.2) is 0 Å². The van der Waals surface area contributed by atoms with Gasteiger partial charge in [0.05, 0.1) is 18.2 Å². The number of aliphatic hydroxyl groups excluding tert-OH is 1. The summed E-state index contributed by atoms with van der Waals surface area (Å²) in [5.74, 6) is -0.412. The Morgan fingerprint density at radius 2 is 1.89 bits per heavy atom. The Hall–Kier alpha value is -1.35. The largest absolute Gasteiger partial charge is 0.512 e. The van der Waals surface area contributed by atoms with Gasteiger partial charge in [-0.05, 0) is 85.0 Å². The molecule has 212 valence electrons. The summed E-state index contributed by atoms with van der Waals surface area (Å²) in [6, 6.07) is 0.339. The molecular formula is C30H50FIN2O3. The molecule has 0 aromatic carbocycles. The zero-order chi connectivity index (χ0) is 28.3. The second-order valence-electron chi connectivity index (χ2n) is 10.8. The van der Waals surface area contributed by atoms with Crippen LogP contribution < -0.4 is 5.32 Å². The molecule has 7 heteroatoms. The van der Waals surface area contributed by atoms with Crippen LogP contribution in [0.3, 0.4) is 0 Å². The highest BCUT2D eigenvalue weighted by Gasteiger charge is 2.38. The molecule has 0 saturated heterocycles. The van der Waals surface area contributed by atoms with Crippen LogP contribution in [0.25, 0.3) is 0 Å². The number of carboxylic acid groups (broad SMARTS) is 1. The molecule has 4 unspecified atom stereocenters. The molecule has 0 spiro atoms. The number of halogens is 2. The lowest BCUT2D eigenvalue weighted by Crippen LogP contribution is -2.48. The molecule has 0 fully saturated rings. The third kappa shape index (κ3) is 9.12. The molecule has 1 aliphatic carbocycles. The number of carboxylic acids is 1. The van der Waals surface area contributed by atoms with Crippen LogP contribution in [0.1, 0.15) is 87.0 Å². The van der Waals surface area contributed by atoms with Crippen LogP contribution in [0.5, 0.6) is 0 Å². The lowest BCUT2D eigenvalue weighted by Gasteiger charge is -2.45. The molecule has 5 nitrogen and oxygen atoms in total. The Bertz CT molecular complexity index is 865. The van der Waals surface area contributed by atoms with Crippen molar-refractivity contribution >= 4 is 28.6 Å². The summed E-state index contributed by atoms with van der Waals surface area (Å²) in [5.41, 5.74) is 0.986. The maximum absolute atomic E-state index is 14.0. The second-order valence-corrected chi connectivity index (χ2v) is 11.9. The van der Waals surface area contributed by atoms with Gasteiger partial charge >= 0.3 is 5.97 Å². The average Bonchev–Trinajstić information content (AvgIpc) is 2.87. The number of nitrogens with zero attached hydrogens (tertiary/aromatic N) is 1. The van der Waals surface area contributed by atoms with E-state index in [1.54, 1.807) is 0 Å². The van der Waals surface area contributed by atoms with E-state index in [9.17, 15) is 14.3 Å². The standard InChI is InChI=1S/C30H50FIN2O3/c1-9-22(10-2)29(28(32)21(6)24-19-23(31)13-14-25(24)35)33-17-15-20(5)30(7,12-4)26(11-3)34(8)18-16-27(36)37/h13-15,17,20,22,24,26,29,33,35H,9-12,16,18-19H2,1-8H3,(H,36,37)/b17-15+,28-21-/t20?,24?,26?,29?,30-/m1/s1. The van der Waals surface area contributed by atoms with Crippen LogP contribution in [-0.2, 0) is 4.79 Å². The minimum absolute atomic E-state index is 0.0218. The number of aliphatic hydroxyl groups is 1. The third-order valence-electron chi connectivity index (χ3n) is 8.70. The van der Waals surface area contributed by atoms with Gasteiger partial charge in [0, 0.05) is 28.5 Å². The van der Waals surface area contributed by atoms with Gasteiger partial charge in [-0.3, -0.25) is 4.79 Å². The highest BCUT2D eigenvalue weighted by Crippen LogP contribution is 2.40. The van der Waals surface area contributed by atoms with E-state index in [1.807, 2.05) is 14.0 Å². The minimum Gasteiger partial charge on any atom is -0.512 e. The molecule has 3 N–H and O–H groups in total. The maximum atomic E-state index is 14.0. The Morgan fingerprint density at radius 3 is 2.41 bits per heavy atom. The van der Waals surface area contributed by atoms with Crippen molar-refractivity contribution in [3.05, 3.63) is 45.2 Å². The Morgan fingerprint density at radius 1 is 1.27 bits per heavy atom. The zero-order valence-corrected chi connectivity index (χ0v) is 26.3. The van der Waals surface area contributed by atoms with Gasteiger partial charge < -0.3 is 20.4 Å². The first-order valence-electron chi connectivity index (χ1n) is 13.8. The molecule has 1 aliphatic rings. The number of rotatable bonds is 16. The minimum atomic E-state index is -0.766. The number of allylic oxidation sites excluding steroid dienone is 5. The van der Waals surface area contributed by atoms with Gasteiger partial charge in [-0.15, -0.1) is 0 Å². The van der Waals surface area contributed by atoms with Gasteiger partial charge in [0.2, 0.25) is 0 Å². The fourth-order valence-corrected chi connectivity index (χ4v) is 6.78. The Kier molecular flexibility index (Phi) is 14.5. The van der Waals surface area contributed by atoms with E-state index in [4.69, 9.17) is 5.11 Å². The van der Waals surface area contributed by atoms with Crippen LogP contribution in [-0.4, -0.2) is 46.8 Å². The van der Waals surface area contributed by atoms with E-state index in [0.29, 0.717) is 12.5 Å². The first-order chi connectivity index (χ1) is 17.4. The SMILES string of the molecule is CCC(CC)C(N/C=C/C(C)[C@@](C)(CC)C(CC)N(C)CCC(=O)O)/C(I)=C(\C)C1CC(F)=CC=C1O. The Balaban J connectivity index is 3.18. The topological polar surface area (TPSA) is 72.8 Å². The molecule has 5 atom stereocenters. The number of aliphatic carboxylic acids is 1. The molecule has 0 amide bonds. The lowest BCUT2D eigenvalue weighted by atomic mass is 9.68. The van der Waals surface area contributed by atoms with Gasteiger partial charge in [0.1, 0.15) is 5.83 Å². The highest BCUT2D eigenvalue weighted by atomic mass is 127. The van der Waals surface area contributed by atoms with Crippen molar-refractivity contribution in [2.75, 3.05) is 13.6 Å². The molecule has 0 radical (unpaired) electrons. The van der Waals surface area contributed by atoms with Crippen molar-refractivity contribution in [1.29, 1.82) is 0 Å². The normalized spacial score (nSPS) is 21.2. The molecule has 0 saturated carbocycles. The molecule has 0 aromatic heterocycles. The first-order valence-corrected chi connectivity index (χ1v) is 14.9. The predicted molar refractivity (Wildman–Crippen MR) is 161 cm³/mol. The van der Waals surface area contributed by atoms with Crippen molar-refractivity contribution in [3.63, 3.8) is 0 Å². The van der Waals surface area contributed by atoms with Crippen LogP contribution in [0, 0.1) is 23.2 Å². The average molecular weight is 633 g/mol. The molecule has 37 heavy (non-hydrogen) atoms. The van der Waals surface area contributed by atoms with Crippen LogP contribution in [0.2, 0.25) is 0 Å². The fraction of sp³-hybridized carbons (Fsp3) is 0.700. The van der Waals surface area contributed by atoms with E-state index in [2.05, 4.69) is 86.6 Å². The summed E-state index contributed by atoms with van der Waals surface area (Å²) >= 11 is 2.38. The van der Waals surface area contributed by atoms with Crippen molar-refractivity contribution < 1.29 is 19.4 Å². The van der Waals surface area contributed by atoms with E-state index < -0.39 is 5.97 Å². The maximum Gasteiger partial charge on any atom is 0.304 e. The van der Waals surface area contributed by atoms with Crippen molar-refractivity contribution in [2.24, 2.45) is 23.2 Å². The summed E-state index contributed by atoms with van der Waals surface area (Å²) in [4.78, 5) is 13.3. The number of nitrogens with one attached hydrogen (secondary N) is 1. The first kappa shape index (κ1) is 33.7. The fourth-order valence-electron chi connectivity index (χ4n) is 5.72. The second kappa shape index (κ2) is 15.9. The summed E-state index contributed by atoms with van der Waals surface area (Å²) in [5, 5.41) is 23.3. The van der Waals surface area contributed by atoms with Crippen molar-refractivity contribution in [3.8, 4) is 0 Å². The quantitative estimate of drug-likeness (QED) is 0.150. The van der Waals surface area contributed by atoms with Crippen LogP contribution in [0.4, 0.5) is 4.39 Å². The summed E-state index contributed by atoms with van der Waals surface area (Å²) in [6.45, 7) is 15.9. The Labute approximate surface area is 238 Å². The van der Waals surface area contributed by atoms with Gasteiger partial charge in [-0.25, -0.2) is 4.39 Å². The van der Waals surface area contributed by atoms with E-state index in [-0.39, 0.29) is 53.8 Å². The van der Waals surface area contributed by atoms with E-state index in [0.717, 1.165) is 34.8 Å². The molecule has 0 bridgehead atoms. The summed E-state index contributed by atoms with van der Waals surface area (Å²) < 4.78 is 15.1. The highest BCUT2D eigenvalue weighted by molar-refractivity contribution is 14.1. The smallest absolute Gasteiger partial charge is 0.304 e. The van der Waals surface area contributed by atoms with Crippen LogP contribution in [0.15, 0.2) is 45.2 Å². The van der Waals surface area contributed by atoms with Gasteiger partial charge in [-0.2, -0.15) is 0 Å². The van der Waals surface area contributed by atoms with Crippen molar-refractivity contribution in [1.82, 2.24) is 10.2 Å². The molecular weight excluding hydrogens is 582 g/mol. The van der Waals surface area contributed by atoms with Crippen LogP contribution >= 0.6 is 22.6 Å². The monoisotopic (exact) mass is 632 g/mol. The predicted octanol–water partition coefficient (Wildman–Crippen LogP) is 8.16. The molecule has 1 rings (SSSR count). The van der Waals surface area contributed by atoms with Gasteiger partial charge in [-0.1, -0.05) is 66.0 Å². The zero-order valence-electron chi connectivity index (χ0n) is 24.2. The molecule has 0 aliphatic heterocycles. The summed E-state index contributed by atoms with van der Waals surface area (Å²) in [7, 11) is 2.03. The van der Waals surface area contributed by atoms with Gasteiger partial charge in [0.25, 0.3) is 0 Å². The van der Waals surface area contributed by atoms with Crippen molar-refractivity contribution in [2.45, 2.75) is 99.1 Å². The van der Waals surface area contributed by atoms with E-state index in [1.165, 1.54) is 12.2 Å². The lowest BCUT2D eigenvalue weighted by molar-refractivity contribution is -0.137.